The average Bonchev–Trinajstić information content (AvgIpc) is 2.74. The van der Waals surface area contributed by atoms with Gasteiger partial charge in [0, 0.05) is 28.1 Å². The highest BCUT2D eigenvalue weighted by atomic mass is 16.3. The topological polar surface area (TPSA) is 73.7 Å². The van der Waals surface area contributed by atoms with Gasteiger partial charge in [-0.15, -0.1) is 0 Å². The summed E-state index contributed by atoms with van der Waals surface area (Å²) in [6.07, 6.45) is 1.62. The van der Waals surface area contributed by atoms with Crippen molar-refractivity contribution in [1.29, 1.82) is 0 Å². The van der Waals surface area contributed by atoms with Crippen LogP contribution in [-0.2, 0) is 10.8 Å². The molecule has 0 fully saturated rings. The minimum absolute atomic E-state index is 0.233. The molecule has 3 aromatic rings. The summed E-state index contributed by atoms with van der Waals surface area (Å²) in [4.78, 5) is 12.7. The van der Waals surface area contributed by atoms with Gasteiger partial charge in [-0.1, -0.05) is 65.8 Å². The van der Waals surface area contributed by atoms with Gasteiger partial charge in [-0.25, -0.2) is 5.43 Å². The van der Waals surface area contributed by atoms with Crippen molar-refractivity contribution in [1.82, 2.24) is 5.43 Å². The number of hydrogen-bond donors (Lipinski definition) is 3. The molecule has 0 atom stereocenters. The molecule has 5 heteroatoms. The first-order valence-electron chi connectivity index (χ1n) is 11.1. The summed E-state index contributed by atoms with van der Waals surface area (Å²) in [5.74, 6) is 0.0211. The minimum atomic E-state index is -0.297. The van der Waals surface area contributed by atoms with Crippen LogP contribution in [0.5, 0.6) is 5.75 Å². The Balaban J connectivity index is 1.78. The Morgan fingerprint density at radius 1 is 0.818 bits per heavy atom. The fourth-order valence-corrected chi connectivity index (χ4v) is 3.53. The molecule has 1 amide bonds. The predicted octanol–water partition coefficient (Wildman–Crippen LogP) is 6.49. The maximum Gasteiger partial charge on any atom is 0.271 e. The van der Waals surface area contributed by atoms with Crippen LogP contribution in [0.3, 0.4) is 0 Å². The number of amides is 1. The summed E-state index contributed by atoms with van der Waals surface area (Å²) in [6.45, 7) is 12.4. The van der Waals surface area contributed by atoms with Gasteiger partial charge >= 0.3 is 0 Å². The molecule has 172 valence electrons. The number of phenols is 1. The smallest absolute Gasteiger partial charge is 0.271 e. The van der Waals surface area contributed by atoms with E-state index < -0.39 is 0 Å². The molecule has 0 unspecified atom stereocenters. The van der Waals surface area contributed by atoms with Gasteiger partial charge < -0.3 is 10.4 Å². The van der Waals surface area contributed by atoms with E-state index in [2.05, 4.69) is 57.4 Å². The van der Waals surface area contributed by atoms with Gasteiger partial charge in [-0.2, -0.15) is 5.10 Å². The molecule has 33 heavy (non-hydrogen) atoms. The third-order valence-corrected chi connectivity index (χ3v) is 5.32. The molecule has 0 saturated carbocycles. The van der Waals surface area contributed by atoms with Crippen LogP contribution < -0.4 is 10.7 Å². The van der Waals surface area contributed by atoms with E-state index in [9.17, 15) is 9.90 Å². The highest BCUT2D eigenvalue weighted by molar-refractivity contribution is 5.96. The molecular weight excluding hydrogens is 410 g/mol. The van der Waals surface area contributed by atoms with Gasteiger partial charge in [0.05, 0.1) is 6.21 Å². The summed E-state index contributed by atoms with van der Waals surface area (Å²) in [5.41, 5.74) is 6.94. The fourth-order valence-electron chi connectivity index (χ4n) is 3.53. The molecule has 5 nitrogen and oxygen atoms in total. The quantitative estimate of drug-likeness (QED) is 0.311. The van der Waals surface area contributed by atoms with Crippen LogP contribution in [0, 0.1) is 0 Å². The van der Waals surface area contributed by atoms with Gasteiger partial charge in [0.25, 0.3) is 5.91 Å². The second kappa shape index (κ2) is 9.49. The molecule has 0 heterocycles. The number of aromatic hydroxyl groups is 1. The number of carbonyl (C=O) groups excluding carboxylic acids is 1. The lowest BCUT2D eigenvalue weighted by Crippen LogP contribution is -2.19. The molecule has 0 saturated heterocycles. The van der Waals surface area contributed by atoms with Crippen LogP contribution in [-0.4, -0.2) is 17.2 Å². The molecule has 0 spiro atoms. The second-order valence-corrected chi connectivity index (χ2v) is 10.2. The lowest BCUT2D eigenvalue weighted by Gasteiger charge is -2.27. The van der Waals surface area contributed by atoms with E-state index in [1.165, 1.54) is 0 Å². The third kappa shape index (κ3) is 6.22. The summed E-state index contributed by atoms with van der Waals surface area (Å²) in [5, 5.41) is 18.3. The number of benzene rings is 3. The lowest BCUT2D eigenvalue weighted by molar-refractivity contribution is 0.0955. The summed E-state index contributed by atoms with van der Waals surface area (Å²) < 4.78 is 0. The Hall–Kier alpha value is -3.60. The Kier molecular flexibility index (Phi) is 6.92. The van der Waals surface area contributed by atoms with Crippen LogP contribution in [0.4, 0.5) is 11.4 Å². The molecule has 3 N–H and O–H groups in total. The molecular formula is C28H33N3O2. The highest BCUT2D eigenvalue weighted by Crippen LogP contribution is 2.39. The van der Waals surface area contributed by atoms with E-state index in [-0.39, 0.29) is 16.7 Å². The number of nitrogens with one attached hydrogen (secondary N) is 2. The van der Waals surface area contributed by atoms with E-state index in [1.807, 2.05) is 54.6 Å². The van der Waals surface area contributed by atoms with E-state index >= 15 is 0 Å². The largest absolute Gasteiger partial charge is 0.507 e. The Labute approximate surface area is 196 Å². The number of hydrogen-bond acceptors (Lipinski definition) is 4. The number of para-hydroxylation sites is 1. The SMILES string of the molecule is CC(C)(C)c1cc(/C=N/NC(=O)c2cccc(Nc3ccccc3)c2)cc(C(C)(C)C)c1O. The molecule has 3 aromatic carbocycles. The number of rotatable bonds is 5. The van der Waals surface area contributed by atoms with Crippen molar-refractivity contribution >= 4 is 23.5 Å². The van der Waals surface area contributed by atoms with E-state index in [4.69, 9.17) is 0 Å². The average molecular weight is 444 g/mol. The number of anilines is 2. The van der Waals surface area contributed by atoms with E-state index in [0.29, 0.717) is 11.3 Å². The first-order chi connectivity index (χ1) is 15.4. The van der Waals surface area contributed by atoms with Crippen molar-refractivity contribution in [3.05, 3.63) is 89.0 Å². The number of hydrazone groups is 1. The maximum atomic E-state index is 12.7. The Morgan fingerprint density at radius 2 is 1.39 bits per heavy atom. The van der Waals surface area contributed by atoms with Crippen molar-refractivity contribution < 1.29 is 9.90 Å². The van der Waals surface area contributed by atoms with Crippen molar-refractivity contribution in [2.24, 2.45) is 5.10 Å². The Bertz CT molecular complexity index is 1120. The first-order valence-corrected chi connectivity index (χ1v) is 11.1. The number of carbonyl (C=O) groups is 1. The van der Waals surface area contributed by atoms with Crippen molar-refractivity contribution in [2.45, 2.75) is 52.4 Å². The Morgan fingerprint density at radius 3 is 1.97 bits per heavy atom. The zero-order chi connectivity index (χ0) is 24.2. The zero-order valence-corrected chi connectivity index (χ0v) is 20.2. The number of nitrogens with zero attached hydrogens (tertiary/aromatic N) is 1. The van der Waals surface area contributed by atoms with Crippen LogP contribution >= 0.6 is 0 Å². The second-order valence-electron chi connectivity index (χ2n) is 10.2. The molecule has 0 aliphatic carbocycles. The van der Waals surface area contributed by atoms with Crippen LogP contribution in [0.25, 0.3) is 0 Å². The fraction of sp³-hybridized carbons (Fsp3) is 0.286. The normalized spacial score (nSPS) is 12.1. The third-order valence-electron chi connectivity index (χ3n) is 5.32. The van der Waals surface area contributed by atoms with Gasteiger partial charge in [-0.05, 0) is 58.9 Å². The molecule has 0 aliphatic heterocycles. The van der Waals surface area contributed by atoms with Gasteiger partial charge in [-0.3, -0.25) is 4.79 Å². The molecule has 0 bridgehead atoms. The maximum absolute atomic E-state index is 12.7. The van der Waals surface area contributed by atoms with Gasteiger partial charge in [0.2, 0.25) is 0 Å². The van der Waals surface area contributed by atoms with Crippen LogP contribution in [0.1, 0.15) is 68.6 Å². The standard InChI is InChI=1S/C28H33N3O2/c1-27(2,3)23-15-19(16-24(25(23)32)28(4,5)6)18-29-31-26(33)20-11-10-14-22(17-20)30-21-12-8-7-9-13-21/h7-18,30,32H,1-6H3,(H,31,33)/b29-18+. The molecule has 0 radical (unpaired) electrons. The highest BCUT2D eigenvalue weighted by Gasteiger charge is 2.26. The van der Waals surface area contributed by atoms with Crippen LogP contribution in [0.2, 0.25) is 0 Å². The molecule has 0 aliphatic rings. The number of phenolic OH excluding ortho intramolecular Hbond substituents is 1. The first kappa shape index (κ1) is 24.1. The van der Waals surface area contributed by atoms with Gasteiger partial charge in [0.1, 0.15) is 5.75 Å². The minimum Gasteiger partial charge on any atom is -0.507 e. The van der Waals surface area contributed by atoms with Crippen molar-refractivity contribution in [2.75, 3.05) is 5.32 Å². The summed E-state index contributed by atoms with van der Waals surface area (Å²) >= 11 is 0. The van der Waals surface area contributed by atoms with Crippen molar-refractivity contribution in [3.8, 4) is 5.75 Å². The van der Waals surface area contributed by atoms with E-state index in [1.54, 1.807) is 18.3 Å². The molecule has 3 rings (SSSR count). The van der Waals surface area contributed by atoms with Gasteiger partial charge in [0.15, 0.2) is 0 Å². The zero-order valence-electron chi connectivity index (χ0n) is 20.2. The van der Waals surface area contributed by atoms with Crippen molar-refractivity contribution in [3.63, 3.8) is 0 Å². The predicted molar refractivity (Wildman–Crippen MR) is 137 cm³/mol. The van der Waals surface area contributed by atoms with E-state index in [0.717, 1.165) is 28.1 Å². The monoisotopic (exact) mass is 443 g/mol. The lowest BCUT2D eigenvalue weighted by atomic mass is 9.78. The summed E-state index contributed by atoms with van der Waals surface area (Å²) in [6, 6.07) is 20.9. The summed E-state index contributed by atoms with van der Waals surface area (Å²) in [7, 11) is 0. The molecule has 0 aromatic heterocycles. The van der Waals surface area contributed by atoms with Crippen LogP contribution in [0.15, 0.2) is 71.8 Å².